The average Bonchev–Trinajstić information content (AvgIpc) is 2.35. The Morgan fingerprint density at radius 1 is 1.29 bits per heavy atom. The molecule has 1 heterocycles. The van der Waals surface area contributed by atoms with Gasteiger partial charge in [-0.2, -0.15) is 0 Å². The fourth-order valence-corrected chi connectivity index (χ4v) is 3.74. The Balaban J connectivity index is 2.81. The van der Waals surface area contributed by atoms with Crippen molar-refractivity contribution in [1.29, 1.82) is 0 Å². The van der Waals surface area contributed by atoms with Crippen LogP contribution in [-0.2, 0) is 9.59 Å². The molecular formula is C11H16O4S2. The maximum absolute atomic E-state index is 12.0. The smallest absolute Gasteiger partial charge is 0.343 e. The van der Waals surface area contributed by atoms with E-state index in [0.29, 0.717) is 4.91 Å². The van der Waals surface area contributed by atoms with Crippen molar-refractivity contribution < 1.29 is 19.8 Å². The van der Waals surface area contributed by atoms with Crippen LogP contribution in [0.4, 0.5) is 0 Å². The molecule has 0 spiro atoms. The molecule has 96 valence electrons. The molecule has 1 aliphatic rings. The Kier molecular flexibility index (Phi) is 6.08. The van der Waals surface area contributed by atoms with E-state index in [2.05, 4.69) is 0 Å². The van der Waals surface area contributed by atoms with Gasteiger partial charge in [-0.05, 0) is 5.92 Å². The van der Waals surface area contributed by atoms with Crippen molar-refractivity contribution in [3.8, 4) is 0 Å². The first-order valence-corrected chi connectivity index (χ1v) is 7.44. The number of Topliss-reactive ketones (excluding diaryl/α,β-unsaturated/α-hetero) is 1. The number of rotatable bonds is 6. The number of hydrogen-bond acceptors (Lipinski definition) is 5. The highest BCUT2D eigenvalue weighted by molar-refractivity contribution is 8.11. The summed E-state index contributed by atoms with van der Waals surface area (Å²) in [5.41, 5.74) is 0. The number of aliphatic hydroxyl groups excluding tert-OH is 1. The lowest BCUT2D eigenvalue weighted by Gasteiger charge is -2.17. The lowest BCUT2D eigenvalue weighted by atomic mass is 10.0. The minimum Gasteiger partial charge on any atom is -0.477 e. The summed E-state index contributed by atoms with van der Waals surface area (Å²) in [6.07, 6.45) is 0.947. The molecule has 0 saturated heterocycles. The first kappa shape index (κ1) is 14.6. The van der Waals surface area contributed by atoms with Gasteiger partial charge in [0.05, 0.1) is 4.91 Å². The number of ketones is 1. The second-order valence-corrected chi connectivity index (χ2v) is 5.95. The second-order valence-electron chi connectivity index (χ2n) is 3.74. The molecule has 0 amide bonds. The van der Waals surface area contributed by atoms with Gasteiger partial charge < -0.3 is 10.2 Å². The molecular weight excluding hydrogens is 260 g/mol. The summed E-state index contributed by atoms with van der Waals surface area (Å²) in [6.45, 7) is 1.87. The molecule has 0 saturated carbocycles. The molecule has 1 atom stereocenters. The fraction of sp³-hybridized carbons (Fsp3) is 0.636. The first-order chi connectivity index (χ1) is 8.10. The highest BCUT2D eigenvalue weighted by Gasteiger charge is 2.26. The maximum atomic E-state index is 12.0. The van der Waals surface area contributed by atoms with Gasteiger partial charge in [0.1, 0.15) is 4.91 Å². The molecule has 2 N–H and O–H groups in total. The number of allylic oxidation sites excluding steroid dienone is 1. The van der Waals surface area contributed by atoms with Crippen LogP contribution >= 0.6 is 23.5 Å². The lowest BCUT2D eigenvalue weighted by molar-refractivity contribution is -0.132. The van der Waals surface area contributed by atoms with Crippen molar-refractivity contribution in [2.24, 2.45) is 5.92 Å². The molecule has 6 heteroatoms. The average molecular weight is 276 g/mol. The van der Waals surface area contributed by atoms with Crippen molar-refractivity contribution in [2.75, 3.05) is 18.1 Å². The second kappa shape index (κ2) is 7.08. The van der Waals surface area contributed by atoms with Crippen molar-refractivity contribution in [3.63, 3.8) is 0 Å². The largest absolute Gasteiger partial charge is 0.477 e. The molecule has 0 bridgehead atoms. The van der Waals surface area contributed by atoms with Crippen molar-refractivity contribution >= 4 is 35.3 Å². The summed E-state index contributed by atoms with van der Waals surface area (Å²) >= 11 is 2.54. The van der Waals surface area contributed by atoms with Crippen LogP contribution in [0.15, 0.2) is 9.81 Å². The van der Waals surface area contributed by atoms with Gasteiger partial charge in [-0.3, -0.25) is 4.79 Å². The van der Waals surface area contributed by atoms with E-state index in [1.54, 1.807) is 0 Å². The lowest BCUT2D eigenvalue weighted by Crippen LogP contribution is -2.17. The van der Waals surface area contributed by atoms with Gasteiger partial charge in [-0.15, -0.1) is 23.5 Å². The zero-order valence-corrected chi connectivity index (χ0v) is 11.3. The highest BCUT2D eigenvalue weighted by atomic mass is 32.2. The van der Waals surface area contributed by atoms with Gasteiger partial charge in [0, 0.05) is 24.5 Å². The third-order valence-electron chi connectivity index (χ3n) is 2.54. The van der Waals surface area contributed by atoms with Crippen LogP contribution in [0, 0.1) is 5.92 Å². The van der Waals surface area contributed by atoms with Crippen LogP contribution in [0.1, 0.15) is 19.8 Å². The quantitative estimate of drug-likeness (QED) is 0.769. The minimum atomic E-state index is -1.03. The van der Waals surface area contributed by atoms with E-state index in [0.717, 1.165) is 17.9 Å². The van der Waals surface area contributed by atoms with Gasteiger partial charge in [0.25, 0.3) is 0 Å². The van der Waals surface area contributed by atoms with Gasteiger partial charge in [0.15, 0.2) is 5.78 Å². The summed E-state index contributed by atoms with van der Waals surface area (Å²) in [7, 11) is 0. The number of aliphatic carboxylic acids is 1. The van der Waals surface area contributed by atoms with Crippen LogP contribution in [0.25, 0.3) is 0 Å². The molecule has 0 fully saturated rings. The van der Waals surface area contributed by atoms with E-state index in [-0.39, 0.29) is 29.6 Å². The maximum Gasteiger partial charge on any atom is 0.343 e. The van der Waals surface area contributed by atoms with Crippen LogP contribution in [-0.4, -0.2) is 40.1 Å². The van der Waals surface area contributed by atoms with Gasteiger partial charge in [-0.25, -0.2) is 4.79 Å². The molecule has 0 radical (unpaired) electrons. The number of thioether (sulfide) groups is 2. The van der Waals surface area contributed by atoms with E-state index in [9.17, 15) is 9.59 Å². The number of carboxylic acid groups (broad SMARTS) is 1. The molecule has 4 nitrogen and oxygen atoms in total. The number of carbonyl (C=O) groups excluding carboxylic acids is 1. The minimum absolute atomic E-state index is 0.0320. The standard InChI is InChI=1S/C11H16O4S2/c1-2-7(6-12)5-8(13)9-10(11(14)15)17-4-3-16-9/h7,12H,2-6H2,1H3,(H,14,15)/t7-/m0/s1. The first-order valence-electron chi connectivity index (χ1n) is 5.47. The Morgan fingerprint density at radius 2 is 1.88 bits per heavy atom. The molecule has 0 aromatic carbocycles. The fourth-order valence-electron chi connectivity index (χ4n) is 1.48. The van der Waals surface area contributed by atoms with E-state index in [4.69, 9.17) is 10.2 Å². The number of carboxylic acids is 1. The number of carbonyl (C=O) groups is 2. The van der Waals surface area contributed by atoms with Crippen molar-refractivity contribution in [1.82, 2.24) is 0 Å². The van der Waals surface area contributed by atoms with Gasteiger partial charge in [-0.1, -0.05) is 13.3 Å². The van der Waals surface area contributed by atoms with Crippen LogP contribution < -0.4 is 0 Å². The van der Waals surface area contributed by atoms with Crippen LogP contribution in [0.3, 0.4) is 0 Å². The topological polar surface area (TPSA) is 74.6 Å². The Labute approximate surface area is 109 Å². The summed E-state index contributed by atoms with van der Waals surface area (Å²) in [4.78, 5) is 23.5. The third-order valence-corrected chi connectivity index (χ3v) is 5.13. The van der Waals surface area contributed by atoms with Crippen LogP contribution in [0.2, 0.25) is 0 Å². The molecule has 0 aliphatic carbocycles. The predicted octanol–water partition coefficient (Wildman–Crippen LogP) is 1.74. The molecule has 1 aliphatic heterocycles. The van der Waals surface area contributed by atoms with Crippen molar-refractivity contribution in [2.45, 2.75) is 19.8 Å². The zero-order chi connectivity index (χ0) is 12.8. The van der Waals surface area contributed by atoms with E-state index < -0.39 is 5.97 Å². The zero-order valence-electron chi connectivity index (χ0n) is 9.64. The summed E-state index contributed by atoms with van der Waals surface area (Å²) in [6, 6.07) is 0. The number of hydrogen-bond donors (Lipinski definition) is 2. The predicted molar refractivity (Wildman–Crippen MR) is 70.1 cm³/mol. The Morgan fingerprint density at radius 3 is 2.35 bits per heavy atom. The van der Waals surface area contributed by atoms with Crippen molar-refractivity contribution in [3.05, 3.63) is 9.81 Å². The third kappa shape index (κ3) is 4.04. The van der Waals surface area contributed by atoms with E-state index in [1.165, 1.54) is 23.5 Å². The van der Waals surface area contributed by atoms with Gasteiger partial charge >= 0.3 is 5.97 Å². The summed E-state index contributed by atoms with van der Waals surface area (Å²) < 4.78 is 0. The summed E-state index contributed by atoms with van der Waals surface area (Å²) in [5, 5.41) is 18.1. The number of aliphatic hydroxyl groups is 1. The Hall–Kier alpha value is -0.460. The normalized spacial score (nSPS) is 18.0. The highest BCUT2D eigenvalue weighted by Crippen LogP contribution is 2.35. The monoisotopic (exact) mass is 276 g/mol. The molecule has 0 aromatic heterocycles. The van der Waals surface area contributed by atoms with E-state index >= 15 is 0 Å². The molecule has 17 heavy (non-hydrogen) atoms. The van der Waals surface area contributed by atoms with E-state index in [1.807, 2.05) is 6.92 Å². The van der Waals surface area contributed by atoms with Crippen LogP contribution in [0.5, 0.6) is 0 Å². The molecule has 0 unspecified atom stereocenters. The SMILES string of the molecule is CC[C@H](CO)CC(=O)C1=C(C(=O)O)SCCS1. The van der Waals surface area contributed by atoms with Gasteiger partial charge in [0.2, 0.25) is 0 Å². The Bertz CT molecular complexity index is 334. The molecule has 0 aromatic rings. The summed E-state index contributed by atoms with van der Waals surface area (Å²) in [5.74, 6) is 0.235. The molecule has 1 rings (SSSR count).